The smallest absolute Gasteiger partial charge is 0.312 e. The van der Waals surface area contributed by atoms with Crippen molar-refractivity contribution in [3.63, 3.8) is 0 Å². The molecule has 0 amide bonds. The van der Waals surface area contributed by atoms with Crippen molar-refractivity contribution < 1.29 is 17.1 Å². The van der Waals surface area contributed by atoms with Crippen LogP contribution < -0.4 is 27.4 Å². The minimum atomic E-state index is 0. The summed E-state index contributed by atoms with van der Waals surface area (Å²) in [5, 5.41) is 5.15. The highest BCUT2D eigenvalue weighted by molar-refractivity contribution is 5.42. The Bertz CT molecular complexity index is 458. The molecule has 1 N–H and O–H groups in total. The highest BCUT2D eigenvalue weighted by Gasteiger charge is 2.10. The highest BCUT2D eigenvalue weighted by atomic mass is 35.5. The van der Waals surface area contributed by atoms with Crippen molar-refractivity contribution in [3.05, 3.63) is 48.9 Å². The molecular weight excluding hydrogens is 248 g/mol. The lowest BCUT2D eigenvalue weighted by molar-refractivity contribution is -0.686. The van der Waals surface area contributed by atoms with Gasteiger partial charge in [-0.2, -0.15) is 0 Å². The van der Waals surface area contributed by atoms with Gasteiger partial charge < -0.3 is 17.7 Å². The summed E-state index contributed by atoms with van der Waals surface area (Å²) < 4.78 is 1.98. The van der Waals surface area contributed by atoms with Crippen LogP contribution in [0.25, 0.3) is 0 Å². The summed E-state index contributed by atoms with van der Waals surface area (Å²) in [6, 6.07) is 12.2. The van der Waals surface area contributed by atoms with Crippen molar-refractivity contribution in [2.45, 2.75) is 6.92 Å². The predicted molar refractivity (Wildman–Crippen MR) is 68.8 cm³/mol. The lowest BCUT2D eigenvalue weighted by Gasteiger charge is -2.18. The lowest BCUT2D eigenvalue weighted by atomic mass is 10.3. The predicted octanol–water partition coefficient (Wildman–Crippen LogP) is -1.30. The van der Waals surface area contributed by atoms with Crippen LogP contribution in [-0.2, 0) is 0 Å². The van der Waals surface area contributed by atoms with Crippen molar-refractivity contribution >= 4 is 11.5 Å². The second kappa shape index (κ2) is 6.81. The summed E-state index contributed by atoms with van der Waals surface area (Å²) >= 11 is 0. The van der Waals surface area contributed by atoms with Crippen molar-refractivity contribution in [3.8, 4) is 0 Å². The normalized spacial score (nSPS) is 9.44. The summed E-state index contributed by atoms with van der Waals surface area (Å²) in [6.45, 7) is 3.00. The van der Waals surface area contributed by atoms with Gasteiger partial charge in [-0.3, -0.25) is 0 Å². The van der Waals surface area contributed by atoms with Crippen LogP contribution in [-0.4, -0.2) is 18.6 Å². The number of aromatic nitrogens is 2. The van der Waals surface area contributed by atoms with E-state index in [1.807, 2.05) is 48.5 Å². The van der Waals surface area contributed by atoms with E-state index >= 15 is 0 Å². The van der Waals surface area contributed by atoms with E-state index in [0.29, 0.717) is 0 Å². The molecule has 2 aromatic rings. The maximum absolute atomic E-state index is 4.30. The molecule has 0 aliphatic heterocycles. The number of hydrogen-bond donors (Lipinski definition) is 1. The first-order valence-corrected chi connectivity index (χ1v) is 5.73. The van der Waals surface area contributed by atoms with Gasteiger partial charge in [-0.05, 0) is 24.0 Å². The number of nitrogens with zero attached hydrogens (tertiary/aromatic N) is 3. The largest absolute Gasteiger partial charge is 1.00 e. The molecule has 0 atom stereocenters. The maximum atomic E-state index is 4.30. The third kappa shape index (κ3) is 3.11. The van der Waals surface area contributed by atoms with Gasteiger partial charge in [-0.1, -0.05) is 18.2 Å². The topological polar surface area (TPSA) is 32.0 Å². The van der Waals surface area contributed by atoms with E-state index in [4.69, 9.17) is 0 Å². The zero-order chi connectivity index (χ0) is 12.1. The summed E-state index contributed by atoms with van der Waals surface area (Å²) in [6.07, 6.45) is 3.80. The number of para-hydroxylation sites is 1. The molecule has 96 valence electrons. The third-order valence-electron chi connectivity index (χ3n) is 2.59. The van der Waals surface area contributed by atoms with Gasteiger partial charge in [-0.25, -0.2) is 5.01 Å². The van der Waals surface area contributed by atoms with Crippen molar-refractivity contribution in [2.75, 3.05) is 23.9 Å². The number of benzene rings is 1. The molecule has 0 aliphatic carbocycles. The van der Waals surface area contributed by atoms with E-state index in [1.165, 1.54) is 0 Å². The summed E-state index contributed by atoms with van der Waals surface area (Å²) in [4.78, 5) is 4.30. The monoisotopic (exact) mass is 264 g/mol. The first-order chi connectivity index (χ1) is 8.35. The molecule has 5 heteroatoms. The van der Waals surface area contributed by atoms with Crippen LogP contribution in [0.4, 0.5) is 11.5 Å². The number of nitrogens with one attached hydrogen (secondary N) is 1. The Balaban J connectivity index is 0.00000162. The molecule has 0 saturated heterocycles. The van der Waals surface area contributed by atoms with Crippen LogP contribution in [0.5, 0.6) is 0 Å². The number of hydrogen-bond acceptors (Lipinski definition) is 3. The SMILES string of the molecule is CCN(c1ccccc1)[n+]1ccc(NC)nc1.[Cl-]. The van der Waals surface area contributed by atoms with Crippen LogP contribution in [0.15, 0.2) is 48.9 Å². The lowest BCUT2D eigenvalue weighted by Crippen LogP contribution is -3.00. The van der Waals surface area contributed by atoms with Crippen LogP contribution in [0.1, 0.15) is 6.92 Å². The average Bonchev–Trinajstić information content (AvgIpc) is 2.42. The van der Waals surface area contributed by atoms with E-state index < -0.39 is 0 Å². The van der Waals surface area contributed by atoms with Crippen LogP contribution in [0.2, 0.25) is 0 Å². The Hall–Kier alpha value is -1.81. The molecule has 2 rings (SSSR count). The molecule has 0 aliphatic rings. The first-order valence-electron chi connectivity index (χ1n) is 5.73. The molecule has 0 fully saturated rings. The maximum Gasteiger partial charge on any atom is 0.312 e. The van der Waals surface area contributed by atoms with Gasteiger partial charge in [0.25, 0.3) is 0 Å². The molecule has 4 nitrogen and oxygen atoms in total. The highest BCUT2D eigenvalue weighted by Crippen LogP contribution is 2.10. The fourth-order valence-corrected chi connectivity index (χ4v) is 1.72. The van der Waals surface area contributed by atoms with Gasteiger partial charge in [0.2, 0.25) is 5.82 Å². The Morgan fingerprint density at radius 3 is 2.44 bits per heavy atom. The Labute approximate surface area is 114 Å². The zero-order valence-corrected chi connectivity index (χ0v) is 11.3. The summed E-state index contributed by atoms with van der Waals surface area (Å²) in [5.74, 6) is 0.866. The molecule has 0 bridgehead atoms. The molecule has 1 aromatic heterocycles. The number of halogens is 1. The quantitative estimate of drug-likeness (QED) is 0.697. The minimum Gasteiger partial charge on any atom is -1.00 e. The van der Waals surface area contributed by atoms with Gasteiger partial charge >= 0.3 is 6.33 Å². The van der Waals surface area contributed by atoms with Crippen LogP contribution in [0.3, 0.4) is 0 Å². The Morgan fingerprint density at radius 1 is 1.22 bits per heavy atom. The van der Waals surface area contributed by atoms with Gasteiger partial charge in [0.05, 0.1) is 12.2 Å². The van der Waals surface area contributed by atoms with Gasteiger partial charge in [0, 0.05) is 13.1 Å². The number of anilines is 2. The Kier molecular flexibility index (Phi) is 5.39. The molecule has 0 saturated carbocycles. The fourth-order valence-electron chi connectivity index (χ4n) is 1.72. The zero-order valence-electron chi connectivity index (χ0n) is 10.5. The molecule has 1 aromatic carbocycles. The molecule has 1 heterocycles. The molecule has 18 heavy (non-hydrogen) atoms. The fraction of sp³-hybridized carbons (Fsp3) is 0.231. The minimum absolute atomic E-state index is 0. The van der Waals surface area contributed by atoms with Gasteiger partial charge in [-0.15, -0.1) is 4.68 Å². The van der Waals surface area contributed by atoms with Gasteiger partial charge in [0.15, 0.2) is 0 Å². The van der Waals surface area contributed by atoms with E-state index in [0.717, 1.165) is 18.1 Å². The van der Waals surface area contributed by atoms with E-state index in [1.54, 1.807) is 0 Å². The summed E-state index contributed by atoms with van der Waals surface area (Å²) in [7, 11) is 1.86. The number of rotatable bonds is 4. The van der Waals surface area contributed by atoms with E-state index in [-0.39, 0.29) is 12.4 Å². The standard InChI is InChI=1S/C13H16N4.ClH/c1-3-17(12-7-5-4-6-8-12)16-10-9-13(14-2)15-11-16;/h4-11H,3H2,1-2H3;1H. The van der Waals surface area contributed by atoms with Gasteiger partial charge in [0.1, 0.15) is 6.20 Å². The van der Waals surface area contributed by atoms with Crippen LogP contribution >= 0.6 is 0 Å². The average molecular weight is 265 g/mol. The van der Waals surface area contributed by atoms with E-state index in [9.17, 15) is 0 Å². The second-order valence-corrected chi connectivity index (χ2v) is 3.63. The van der Waals surface area contributed by atoms with Crippen molar-refractivity contribution in [2.24, 2.45) is 0 Å². The third-order valence-corrected chi connectivity index (χ3v) is 2.59. The first kappa shape index (κ1) is 14.3. The van der Waals surface area contributed by atoms with Crippen molar-refractivity contribution in [1.82, 2.24) is 4.98 Å². The summed E-state index contributed by atoms with van der Waals surface area (Å²) in [5.41, 5.74) is 1.15. The molecule has 0 unspecified atom stereocenters. The molecule has 0 spiro atoms. The molecule has 0 radical (unpaired) electrons. The Morgan fingerprint density at radius 2 is 1.94 bits per heavy atom. The van der Waals surface area contributed by atoms with E-state index in [2.05, 4.69) is 34.4 Å². The second-order valence-electron chi connectivity index (χ2n) is 3.63. The molecular formula is C13H17ClN4. The van der Waals surface area contributed by atoms with Crippen LogP contribution in [0, 0.1) is 0 Å². The van der Waals surface area contributed by atoms with Crippen molar-refractivity contribution in [1.29, 1.82) is 0 Å².